The van der Waals surface area contributed by atoms with Gasteiger partial charge in [0.2, 0.25) is 0 Å². The maximum atomic E-state index is 12.9. The fourth-order valence-corrected chi connectivity index (χ4v) is 3.81. The molecule has 0 heterocycles. The number of hydrogen-bond acceptors (Lipinski definition) is 3. The first-order chi connectivity index (χ1) is 13.6. The lowest BCUT2D eigenvalue weighted by atomic mass is 9.66. The molecular formula is C23H27NO4. The van der Waals surface area contributed by atoms with Gasteiger partial charge in [0.15, 0.2) is 0 Å². The first-order valence-corrected chi connectivity index (χ1v) is 9.84. The summed E-state index contributed by atoms with van der Waals surface area (Å²) in [7, 11) is 0. The summed E-state index contributed by atoms with van der Waals surface area (Å²) in [4.78, 5) is 24.5. The van der Waals surface area contributed by atoms with E-state index in [0.29, 0.717) is 29.8 Å². The Morgan fingerprint density at radius 2 is 1.64 bits per heavy atom. The van der Waals surface area contributed by atoms with Crippen LogP contribution in [-0.2, 0) is 4.74 Å². The van der Waals surface area contributed by atoms with Crippen LogP contribution in [0.3, 0.4) is 0 Å². The van der Waals surface area contributed by atoms with Crippen LogP contribution in [0.2, 0.25) is 0 Å². The molecule has 1 amide bonds. The lowest BCUT2D eigenvalue weighted by Crippen LogP contribution is -2.43. The Hall–Kier alpha value is -2.66. The second-order valence-corrected chi connectivity index (χ2v) is 7.38. The second-order valence-electron chi connectivity index (χ2n) is 7.38. The largest absolute Gasteiger partial charge is 0.478 e. The molecule has 5 heteroatoms. The minimum Gasteiger partial charge on any atom is -0.478 e. The predicted molar refractivity (Wildman–Crippen MR) is 109 cm³/mol. The van der Waals surface area contributed by atoms with Gasteiger partial charge in [-0.15, -0.1) is 0 Å². The van der Waals surface area contributed by atoms with Crippen LogP contribution in [0.4, 0.5) is 0 Å². The summed E-state index contributed by atoms with van der Waals surface area (Å²) in [5.74, 6) is -1.17. The number of amides is 1. The van der Waals surface area contributed by atoms with Crippen molar-refractivity contribution < 1.29 is 19.4 Å². The van der Waals surface area contributed by atoms with Crippen LogP contribution in [0.15, 0.2) is 48.5 Å². The number of carboxylic acids is 1. The van der Waals surface area contributed by atoms with Crippen molar-refractivity contribution in [2.75, 3.05) is 19.8 Å². The standard InChI is InChI=1S/C23H27NO4/c1-2-28-15-14-23(12-7-13-23)16-24-21(25)19-10-5-3-8-17(19)18-9-4-6-11-20(18)22(26)27/h3-6,8-11H,2,7,12-16H2,1H3,(H,24,25)(H,26,27). The molecule has 0 spiro atoms. The minimum absolute atomic E-state index is 0.124. The zero-order chi connectivity index (χ0) is 20.0. The van der Waals surface area contributed by atoms with Gasteiger partial charge < -0.3 is 15.2 Å². The van der Waals surface area contributed by atoms with E-state index in [9.17, 15) is 14.7 Å². The molecule has 0 unspecified atom stereocenters. The van der Waals surface area contributed by atoms with Gasteiger partial charge in [-0.1, -0.05) is 42.8 Å². The average molecular weight is 381 g/mol. The normalized spacial score (nSPS) is 14.9. The summed E-state index contributed by atoms with van der Waals surface area (Å²) in [6.07, 6.45) is 4.34. The number of rotatable bonds is 9. The molecule has 0 saturated heterocycles. The van der Waals surface area contributed by atoms with Gasteiger partial charge in [0.1, 0.15) is 0 Å². The third kappa shape index (κ3) is 4.42. The van der Waals surface area contributed by atoms with Gasteiger partial charge in [0.05, 0.1) is 5.56 Å². The molecule has 1 saturated carbocycles. The zero-order valence-electron chi connectivity index (χ0n) is 16.2. The molecule has 28 heavy (non-hydrogen) atoms. The van der Waals surface area contributed by atoms with E-state index >= 15 is 0 Å². The maximum absolute atomic E-state index is 12.9. The molecular weight excluding hydrogens is 354 g/mol. The molecule has 1 aliphatic rings. The summed E-state index contributed by atoms with van der Waals surface area (Å²) >= 11 is 0. The number of hydrogen-bond donors (Lipinski definition) is 2. The summed E-state index contributed by atoms with van der Waals surface area (Å²) in [6, 6.07) is 13.9. The van der Waals surface area contributed by atoms with Crippen LogP contribution in [-0.4, -0.2) is 36.7 Å². The molecule has 2 aromatic rings. The first-order valence-electron chi connectivity index (χ1n) is 9.84. The van der Waals surface area contributed by atoms with Crippen molar-refractivity contribution in [2.24, 2.45) is 5.41 Å². The molecule has 1 fully saturated rings. The van der Waals surface area contributed by atoms with Crippen LogP contribution in [0.5, 0.6) is 0 Å². The van der Waals surface area contributed by atoms with E-state index in [2.05, 4.69) is 5.32 Å². The van der Waals surface area contributed by atoms with E-state index < -0.39 is 5.97 Å². The van der Waals surface area contributed by atoms with Gasteiger partial charge in [0, 0.05) is 25.3 Å². The molecule has 0 aliphatic heterocycles. The average Bonchev–Trinajstić information content (AvgIpc) is 2.69. The van der Waals surface area contributed by atoms with Gasteiger partial charge in [-0.05, 0) is 54.9 Å². The highest BCUT2D eigenvalue weighted by atomic mass is 16.5. The van der Waals surface area contributed by atoms with Crippen LogP contribution >= 0.6 is 0 Å². The fourth-order valence-electron chi connectivity index (χ4n) is 3.81. The molecule has 2 aromatic carbocycles. The highest BCUT2D eigenvalue weighted by Crippen LogP contribution is 2.43. The van der Waals surface area contributed by atoms with E-state index in [1.807, 2.05) is 13.0 Å². The van der Waals surface area contributed by atoms with Crippen molar-refractivity contribution in [1.82, 2.24) is 5.32 Å². The molecule has 0 aromatic heterocycles. The summed E-state index contributed by atoms with van der Waals surface area (Å²) in [5, 5.41) is 12.6. The Balaban J connectivity index is 1.78. The Kier molecular flexibility index (Phi) is 6.47. The zero-order valence-corrected chi connectivity index (χ0v) is 16.2. The Morgan fingerprint density at radius 1 is 1.04 bits per heavy atom. The number of benzene rings is 2. The lowest BCUT2D eigenvalue weighted by Gasteiger charge is -2.42. The molecule has 1 aliphatic carbocycles. The molecule has 2 N–H and O–H groups in total. The highest BCUT2D eigenvalue weighted by Gasteiger charge is 2.37. The van der Waals surface area contributed by atoms with Crippen molar-refractivity contribution in [1.29, 1.82) is 0 Å². The molecule has 0 atom stereocenters. The lowest BCUT2D eigenvalue weighted by molar-refractivity contribution is 0.0513. The van der Waals surface area contributed by atoms with Gasteiger partial charge in [0.25, 0.3) is 5.91 Å². The van der Waals surface area contributed by atoms with E-state index in [4.69, 9.17) is 4.74 Å². The molecule has 148 valence electrons. The number of ether oxygens (including phenoxy) is 1. The van der Waals surface area contributed by atoms with Crippen LogP contribution in [0.25, 0.3) is 11.1 Å². The first kappa shape index (κ1) is 20.1. The Bertz CT molecular complexity index is 842. The number of carboxylic acid groups (broad SMARTS) is 1. The van der Waals surface area contributed by atoms with Crippen molar-refractivity contribution in [2.45, 2.75) is 32.6 Å². The van der Waals surface area contributed by atoms with Gasteiger partial charge in [-0.2, -0.15) is 0 Å². The third-order valence-corrected chi connectivity index (χ3v) is 5.64. The van der Waals surface area contributed by atoms with E-state index in [-0.39, 0.29) is 16.9 Å². The monoisotopic (exact) mass is 381 g/mol. The topological polar surface area (TPSA) is 75.6 Å². The summed E-state index contributed by atoms with van der Waals surface area (Å²) < 4.78 is 5.50. The van der Waals surface area contributed by atoms with E-state index in [0.717, 1.165) is 25.9 Å². The minimum atomic E-state index is -1.00. The Labute approximate surface area is 165 Å². The van der Waals surface area contributed by atoms with E-state index in [1.54, 1.807) is 42.5 Å². The third-order valence-electron chi connectivity index (χ3n) is 5.64. The van der Waals surface area contributed by atoms with E-state index in [1.165, 1.54) is 6.42 Å². The smallest absolute Gasteiger partial charge is 0.336 e. The predicted octanol–water partition coefficient (Wildman–Crippen LogP) is 4.38. The second kappa shape index (κ2) is 9.02. The molecule has 0 radical (unpaired) electrons. The van der Waals surface area contributed by atoms with Crippen LogP contribution < -0.4 is 5.32 Å². The Morgan fingerprint density at radius 3 is 2.21 bits per heavy atom. The van der Waals surface area contributed by atoms with Crippen LogP contribution in [0, 0.1) is 5.41 Å². The number of carbonyl (C=O) groups excluding carboxylic acids is 1. The number of carbonyl (C=O) groups is 2. The molecule has 3 rings (SSSR count). The number of nitrogens with one attached hydrogen (secondary N) is 1. The maximum Gasteiger partial charge on any atom is 0.336 e. The quantitative estimate of drug-likeness (QED) is 0.632. The van der Waals surface area contributed by atoms with Crippen molar-refractivity contribution in [3.05, 3.63) is 59.7 Å². The van der Waals surface area contributed by atoms with Crippen molar-refractivity contribution >= 4 is 11.9 Å². The SMILES string of the molecule is CCOCCC1(CNC(=O)c2ccccc2-c2ccccc2C(=O)O)CCC1. The summed E-state index contributed by atoms with van der Waals surface area (Å²) in [5.41, 5.74) is 1.99. The molecule has 0 bridgehead atoms. The summed E-state index contributed by atoms with van der Waals surface area (Å²) in [6.45, 7) is 4.03. The highest BCUT2D eigenvalue weighted by molar-refractivity contribution is 6.04. The van der Waals surface area contributed by atoms with Crippen molar-refractivity contribution in [3.8, 4) is 11.1 Å². The molecule has 5 nitrogen and oxygen atoms in total. The fraction of sp³-hybridized carbons (Fsp3) is 0.391. The van der Waals surface area contributed by atoms with Gasteiger partial charge >= 0.3 is 5.97 Å². The van der Waals surface area contributed by atoms with Gasteiger partial charge in [-0.25, -0.2) is 4.79 Å². The van der Waals surface area contributed by atoms with Crippen LogP contribution in [0.1, 0.15) is 53.3 Å². The van der Waals surface area contributed by atoms with Crippen molar-refractivity contribution in [3.63, 3.8) is 0 Å². The number of aromatic carboxylic acids is 1. The van der Waals surface area contributed by atoms with Gasteiger partial charge in [-0.3, -0.25) is 4.79 Å².